The second-order valence-electron chi connectivity index (χ2n) is 9.82. The Labute approximate surface area is 229 Å². The van der Waals surface area contributed by atoms with Crippen LogP contribution in [0.3, 0.4) is 0 Å². The highest BCUT2D eigenvalue weighted by Crippen LogP contribution is 2.40. The van der Waals surface area contributed by atoms with E-state index in [9.17, 15) is 9.90 Å². The van der Waals surface area contributed by atoms with Gasteiger partial charge in [0, 0.05) is 53.1 Å². The number of allylic oxidation sites excluding steroid dienone is 2. The van der Waals surface area contributed by atoms with Crippen LogP contribution in [0, 0.1) is 11.8 Å². The van der Waals surface area contributed by atoms with Crippen LogP contribution in [0.2, 0.25) is 5.02 Å². The van der Waals surface area contributed by atoms with Crippen molar-refractivity contribution in [3.05, 3.63) is 53.6 Å². The van der Waals surface area contributed by atoms with Crippen LogP contribution >= 0.6 is 23.2 Å². The van der Waals surface area contributed by atoms with Crippen molar-refractivity contribution in [3.8, 4) is 5.75 Å². The van der Waals surface area contributed by atoms with Crippen molar-refractivity contribution in [2.75, 3.05) is 46.1 Å². The fraction of sp³-hybridized carbons (Fsp3) is 0.552. The molecule has 37 heavy (non-hydrogen) atoms. The smallest absolute Gasteiger partial charge is 0.305 e. The number of hydrogen-bond acceptors (Lipinski definition) is 6. The van der Waals surface area contributed by atoms with Gasteiger partial charge in [0.2, 0.25) is 0 Å². The fourth-order valence-corrected chi connectivity index (χ4v) is 5.86. The molecule has 1 N–H and O–H groups in total. The Morgan fingerprint density at radius 1 is 1.11 bits per heavy atom. The van der Waals surface area contributed by atoms with Gasteiger partial charge in [-0.25, -0.2) is 0 Å². The molecule has 4 rings (SSSR count). The topological polar surface area (TPSA) is 68.2 Å². The first-order valence-electron chi connectivity index (χ1n) is 13.3. The van der Waals surface area contributed by atoms with E-state index in [0.29, 0.717) is 31.1 Å². The number of aliphatic hydroxyl groups excluding tert-OH is 1. The minimum atomic E-state index is -0.494. The van der Waals surface area contributed by atoms with Crippen LogP contribution in [0.25, 0.3) is 10.8 Å². The molecule has 8 heteroatoms. The maximum absolute atomic E-state index is 12.0. The highest BCUT2D eigenvalue weighted by Gasteiger charge is 2.41. The Bertz CT molecular complexity index is 1040. The van der Waals surface area contributed by atoms with Gasteiger partial charge in [0.05, 0.1) is 25.9 Å². The van der Waals surface area contributed by atoms with E-state index in [1.807, 2.05) is 36.4 Å². The number of carbonyl (C=O) groups is 1. The molecular weight excluding hydrogens is 513 g/mol. The van der Waals surface area contributed by atoms with Crippen molar-refractivity contribution in [1.82, 2.24) is 4.90 Å². The van der Waals surface area contributed by atoms with Gasteiger partial charge in [0.25, 0.3) is 0 Å². The van der Waals surface area contributed by atoms with E-state index in [1.54, 1.807) is 0 Å². The zero-order chi connectivity index (χ0) is 26.0. The van der Waals surface area contributed by atoms with Gasteiger partial charge in [-0.3, -0.25) is 9.69 Å². The third-order valence-electron chi connectivity index (χ3n) is 7.34. The number of unbranched alkanes of at least 4 members (excludes halogenated alkanes) is 1. The van der Waals surface area contributed by atoms with Gasteiger partial charge in [0.15, 0.2) is 0 Å². The molecule has 4 atom stereocenters. The molecule has 1 saturated carbocycles. The summed E-state index contributed by atoms with van der Waals surface area (Å²) in [6.07, 6.45) is 7.02. The van der Waals surface area contributed by atoms with Gasteiger partial charge >= 0.3 is 5.97 Å². The van der Waals surface area contributed by atoms with E-state index in [1.165, 1.54) is 0 Å². The molecule has 202 valence electrons. The van der Waals surface area contributed by atoms with Crippen LogP contribution in [0.4, 0.5) is 0 Å². The molecule has 2 aromatic carbocycles. The van der Waals surface area contributed by atoms with Gasteiger partial charge < -0.3 is 19.3 Å². The number of nitrogens with zero attached hydrogens (tertiary/aromatic N) is 1. The number of alkyl halides is 1. The third-order valence-corrected chi connectivity index (χ3v) is 8.17. The van der Waals surface area contributed by atoms with E-state index in [0.717, 1.165) is 68.6 Å². The van der Waals surface area contributed by atoms with Gasteiger partial charge in [-0.15, -0.1) is 11.6 Å². The van der Waals surface area contributed by atoms with Gasteiger partial charge in [-0.1, -0.05) is 48.0 Å². The highest BCUT2D eigenvalue weighted by atomic mass is 35.5. The van der Waals surface area contributed by atoms with Crippen molar-refractivity contribution in [1.29, 1.82) is 0 Å². The predicted octanol–water partition coefficient (Wildman–Crippen LogP) is 5.47. The van der Waals surface area contributed by atoms with Crippen LogP contribution in [0.5, 0.6) is 5.75 Å². The maximum atomic E-state index is 12.0. The number of morpholine rings is 1. The van der Waals surface area contributed by atoms with Crippen molar-refractivity contribution >= 4 is 39.9 Å². The summed E-state index contributed by atoms with van der Waals surface area (Å²) in [5.74, 6) is 0.685. The van der Waals surface area contributed by atoms with Crippen molar-refractivity contribution < 1.29 is 24.1 Å². The van der Waals surface area contributed by atoms with E-state index < -0.39 is 6.10 Å². The summed E-state index contributed by atoms with van der Waals surface area (Å²) in [5, 5.41) is 13.1. The highest BCUT2D eigenvalue weighted by molar-refractivity contribution is 6.35. The average Bonchev–Trinajstić information content (AvgIpc) is 3.18. The minimum absolute atomic E-state index is 0.0527. The Morgan fingerprint density at radius 2 is 1.89 bits per heavy atom. The van der Waals surface area contributed by atoms with Crippen LogP contribution in [-0.2, 0) is 14.3 Å². The quantitative estimate of drug-likeness (QED) is 0.164. The number of fused-ring (bicyclic) bond motifs is 1. The molecule has 2 aromatic rings. The first kappa shape index (κ1) is 28.2. The average molecular weight is 551 g/mol. The Balaban J connectivity index is 1.18. The molecule has 0 spiro atoms. The van der Waals surface area contributed by atoms with Crippen LogP contribution in [0.15, 0.2) is 48.6 Å². The third kappa shape index (κ3) is 8.08. The first-order chi connectivity index (χ1) is 18.0. The SMILES string of the molecule is O=C(CCC/C=C\C[C@@H]1[C@@H](COc2ccc(Cl)c3ccccc23)[C@H](O)C[C@H]1Cl)OCCN1CCOCC1. The predicted molar refractivity (Wildman–Crippen MR) is 148 cm³/mol. The number of rotatable bonds is 12. The summed E-state index contributed by atoms with van der Waals surface area (Å²) >= 11 is 12.9. The standard InChI is InChI=1S/C29H37Cl2NO5/c30-25-11-12-28(23-9-6-5-8-21(23)25)37-20-24-22(26(31)19-27(24)33)7-3-1-2-4-10-29(34)36-18-15-32-13-16-35-17-14-32/h1,3,5-6,8-9,11-12,22,24,26-27,33H,2,4,7,10,13-20H2/b3-1-/t22-,24-,26-,27-/m1/s1. The van der Waals surface area contributed by atoms with Crippen molar-refractivity contribution in [2.24, 2.45) is 11.8 Å². The Kier molecular flexibility index (Phi) is 10.9. The number of esters is 1. The molecule has 0 aromatic heterocycles. The number of aliphatic hydroxyl groups is 1. The second kappa shape index (κ2) is 14.4. The molecule has 0 unspecified atom stereocenters. The first-order valence-corrected chi connectivity index (χ1v) is 14.1. The van der Waals surface area contributed by atoms with Crippen LogP contribution in [0.1, 0.15) is 32.1 Å². The Hall–Kier alpha value is -1.83. The number of benzene rings is 2. The van der Waals surface area contributed by atoms with Crippen molar-refractivity contribution in [3.63, 3.8) is 0 Å². The molecular formula is C29H37Cl2NO5. The lowest BCUT2D eigenvalue weighted by Gasteiger charge is -2.26. The van der Waals surface area contributed by atoms with Crippen molar-refractivity contribution in [2.45, 2.75) is 43.6 Å². The fourth-order valence-electron chi connectivity index (χ4n) is 5.16. The zero-order valence-corrected chi connectivity index (χ0v) is 22.7. The largest absolute Gasteiger partial charge is 0.493 e. The normalized spacial score (nSPS) is 24.6. The molecule has 1 heterocycles. The van der Waals surface area contributed by atoms with E-state index in [-0.39, 0.29) is 23.2 Å². The zero-order valence-electron chi connectivity index (χ0n) is 21.2. The van der Waals surface area contributed by atoms with E-state index >= 15 is 0 Å². The summed E-state index contributed by atoms with van der Waals surface area (Å²) in [6.45, 7) is 4.88. The molecule has 2 aliphatic rings. The summed E-state index contributed by atoms with van der Waals surface area (Å²) < 4.78 is 16.9. The molecule has 1 aliphatic heterocycles. The summed E-state index contributed by atoms with van der Waals surface area (Å²) in [6, 6.07) is 11.6. The molecule has 2 fully saturated rings. The number of halogens is 2. The van der Waals surface area contributed by atoms with E-state index in [2.05, 4.69) is 17.1 Å². The van der Waals surface area contributed by atoms with Gasteiger partial charge in [-0.2, -0.15) is 0 Å². The molecule has 6 nitrogen and oxygen atoms in total. The summed E-state index contributed by atoms with van der Waals surface area (Å²) in [7, 11) is 0. The van der Waals surface area contributed by atoms with Gasteiger partial charge in [0.1, 0.15) is 12.4 Å². The lowest BCUT2D eigenvalue weighted by Crippen LogP contribution is -2.38. The lowest BCUT2D eigenvalue weighted by molar-refractivity contribution is -0.144. The lowest BCUT2D eigenvalue weighted by atomic mass is 9.92. The van der Waals surface area contributed by atoms with E-state index in [4.69, 9.17) is 37.4 Å². The van der Waals surface area contributed by atoms with Crippen LogP contribution < -0.4 is 4.74 Å². The molecule has 1 saturated heterocycles. The molecule has 0 amide bonds. The van der Waals surface area contributed by atoms with Crippen LogP contribution in [-0.4, -0.2) is 73.5 Å². The maximum Gasteiger partial charge on any atom is 0.305 e. The number of hydrogen-bond donors (Lipinski definition) is 1. The molecule has 0 bridgehead atoms. The summed E-state index contributed by atoms with van der Waals surface area (Å²) in [5.41, 5.74) is 0. The number of ether oxygens (including phenoxy) is 3. The number of carbonyl (C=O) groups excluding carboxylic acids is 1. The molecule has 1 aliphatic carbocycles. The monoisotopic (exact) mass is 549 g/mol. The van der Waals surface area contributed by atoms with Gasteiger partial charge in [-0.05, 0) is 43.7 Å². The second-order valence-corrected chi connectivity index (χ2v) is 10.8. The Morgan fingerprint density at radius 3 is 2.70 bits per heavy atom. The minimum Gasteiger partial charge on any atom is -0.493 e. The summed E-state index contributed by atoms with van der Waals surface area (Å²) in [4.78, 5) is 14.2. The molecule has 0 radical (unpaired) electrons.